The summed E-state index contributed by atoms with van der Waals surface area (Å²) in [5.41, 5.74) is 0.844. The van der Waals surface area contributed by atoms with E-state index >= 15 is 0 Å². The van der Waals surface area contributed by atoms with Gasteiger partial charge in [0.2, 0.25) is 0 Å². The standard InChI is InChI=1S/C12H14ClNO3/c13-9-3-1-2-4-10(9)14-7-8-5-6-11(17-8)12(15)16/h1-4,8,11,14H,5-7H2,(H,15,16). The molecular weight excluding hydrogens is 242 g/mol. The number of ether oxygens (including phenoxy) is 1. The Morgan fingerprint density at radius 1 is 1.47 bits per heavy atom. The molecule has 1 aliphatic heterocycles. The molecule has 1 aromatic rings. The van der Waals surface area contributed by atoms with Crippen LogP contribution in [0.4, 0.5) is 5.69 Å². The molecule has 0 aliphatic carbocycles. The van der Waals surface area contributed by atoms with Crippen LogP contribution in [0.3, 0.4) is 0 Å². The van der Waals surface area contributed by atoms with Gasteiger partial charge in [0, 0.05) is 6.54 Å². The quantitative estimate of drug-likeness (QED) is 0.867. The number of carboxylic acids is 1. The van der Waals surface area contributed by atoms with Crippen LogP contribution in [0.25, 0.3) is 0 Å². The summed E-state index contributed by atoms with van der Waals surface area (Å²) in [5, 5.41) is 12.6. The summed E-state index contributed by atoms with van der Waals surface area (Å²) in [4.78, 5) is 10.7. The molecule has 2 unspecified atom stereocenters. The maximum absolute atomic E-state index is 10.7. The monoisotopic (exact) mass is 255 g/mol. The molecule has 0 radical (unpaired) electrons. The lowest BCUT2D eigenvalue weighted by atomic mass is 10.2. The van der Waals surface area contributed by atoms with Gasteiger partial charge in [-0.05, 0) is 25.0 Å². The van der Waals surface area contributed by atoms with Crippen LogP contribution in [0.1, 0.15) is 12.8 Å². The van der Waals surface area contributed by atoms with Gasteiger partial charge in [-0.1, -0.05) is 23.7 Å². The van der Waals surface area contributed by atoms with Gasteiger partial charge in [0.1, 0.15) is 0 Å². The van der Waals surface area contributed by atoms with Crippen molar-refractivity contribution in [2.45, 2.75) is 25.0 Å². The number of carbonyl (C=O) groups is 1. The highest BCUT2D eigenvalue weighted by Gasteiger charge is 2.30. The number of rotatable bonds is 4. The van der Waals surface area contributed by atoms with Crippen LogP contribution in [-0.4, -0.2) is 29.8 Å². The smallest absolute Gasteiger partial charge is 0.332 e. The molecule has 1 heterocycles. The molecule has 1 aliphatic rings. The van der Waals surface area contributed by atoms with E-state index in [1.807, 2.05) is 18.2 Å². The number of benzene rings is 1. The van der Waals surface area contributed by atoms with Gasteiger partial charge in [-0.2, -0.15) is 0 Å². The lowest BCUT2D eigenvalue weighted by molar-refractivity contribution is -0.149. The number of para-hydroxylation sites is 1. The van der Waals surface area contributed by atoms with Crippen molar-refractivity contribution in [3.63, 3.8) is 0 Å². The van der Waals surface area contributed by atoms with Gasteiger partial charge in [-0.3, -0.25) is 0 Å². The molecule has 0 aromatic heterocycles. The summed E-state index contributed by atoms with van der Waals surface area (Å²) >= 11 is 5.99. The largest absolute Gasteiger partial charge is 0.479 e. The fraction of sp³-hybridized carbons (Fsp3) is 0.417. The highest BCUT2D eigenvalue weighted by molar-refractivity contribution is 6.33. The molecule has 92 valence electrons. The second kappa shape index (κ2) is 5.38. The SMILES string of the molecule is O=C(O)C1CCC(CNc2ccccc2Cl)O1. The van der Waals surface area contributed by atoms with Gasteiger partial charge in [0.25, 0.3) is 0 Å². The summed E-state index contributed by atoms with van der Waals surface area (Å²) < 4.78 is 5.38. The van der Waals surface area contributed by atoms with Crippen molar-refractivity contribution >= 4 is 23.3 Å². The van der Waals surface area contributed by atoms with Gasteiger partial charge in [-0.25, -0.2) is 4.79 Å². The molecule has 2 atom stereocenters. The Hall–Kier alpha value is -1.26. The molecule has 0 saturated carbocycles. The zero-order chi connectivity index (χ0) is 12.3. The summed E-state index contributed by atoms with van der Waals surface area (Å²) in [6.45, 7) is 0.577. The van der Waals surface area contributed by atoms with Crippen molar-refractivity contribution in [2.24, 2.45) is 0 Å². The van der Waals surface area contributed by atoms with Crippen molar-refractivity contribution in [2.75, 3.05) is 11.9 Å². The molecule has 1 aromatic carbocycles. The van der Waals surface area contributed by atoms with E-state index in [4.69, 9.17) is 21.4 Å². The van der Waals surface area contributed by atoms with Gasteiger partial charge < -0.3 is 15.2 Å². The Morgan fingerprint density at radius 2 is 2.24 bits per heavy atom. The number of hydrogen-bond donors (Lipinski definition) is 2. The number of anilines is 1. The van der Waals surface area contributed by atoms with Crippen molar-refractivity contribution in [3.8, 4) is 0 Å². The van der Waals surface area contributed by atoms with Crippen LogP contribution in [0, 0.1) is 0 Å². The number of hydrogen-bond acceptors (Lipinski definition) is 3. The molecule has 4 nitrogen and oxygen atoms in total. The Balaban J connectivity index is 1.84. The Bertz CT molecular complexity index is 410. The second-order valence-corrected chi connectivity index (χ2v) is 4.43. The number of aliphatic carboxylic acids is 1. The minimum Gasteiger partial charge on any atom is -0.479 e. The van der Waals surface area contributed by atoms with E-state index in [-0.39, 0.29) is 6.10 Å². The molecule has 5 heteroatoms. The molecular formula is C12H14ClNO3. The van der Waals surface area contributed by atoms with Crippen LogP contribution in [0.2, 0.25) is 5.02 Å². The fourth-order valence-corrected chi connectivity index (χ4v) is 2.07. The van der Waals surface area contributed by atoms with Crippen LogP contribution < -0.4 is 5.32 Å². The average Bonchev–Trinajstić information content (AvgIpc) is 2.77. The predicted octanol–water partition coefficient (Wildman–Crippen LogP) is 2.38. The highest BCUT2D eigenvalue weighted by Crippen LogP contribution is 2.23. The maximum Gasteiger partial charge on any atom is 0.332 e. The zero-order valence-electron chi connectivity index (χ0n) is 9.23. The van der Waals surface area contributed by atoms with E-state index in [1.165, 1.54) is 0 Å². The first-order chi connectivity index (χ1) is 8.16. The van der Waals surface area contributed by atoms with Crippen molar-refractivity contribution in [1.82, 2.24) is 0 Å². The van der Waals surface area contributed by atoms with Crippen molar-refractivity contribution in [1.29, 1.82) is 0 Å². The van der Waals surface area contributed by atoms with Gasteiger partial charge in [0.05, 0.1) is 16.8 Å². The third-order valence-electron chi connectivity index (χ3n) is 2.78. The highest BCUT2D eigenvalue weighted by atomic mass is 35.5. The van der Waals surface area contributed by atoms with Crippen LogP contribution in [0.15, 0.2) is 24.3 Å². The van der Waals surface area contributed by atoms with E-state index in [2.05, 4.69) is 5.32 Å². The topological polar surface area (TPSA) is 58.6 Å². The lowest BCUT2D eigenvalue weighted by Gasteiger charge is -2.13. The number of carboxylic acid groups (broad SMARTS) is 1. The first-order valence-corrected chi connectivity index (χ1v) is 5.91. The number of halogens is 1. The molecule has 0 bridgehead atoms. The predicted molar refractivity (Wildman–Crippen MR) is 65.5 cm³/mol. The Labute approximate surface area is 105 Å². The molecule has 1 fully saturated rings. The average molecular weight is 256 g/mol. The van der Waals surface area contributed by atoms with E-state index in [0.717, 1.165) is 12.1 Å². The van der Waals surface area contributed by atoms with Crippen LogP contribution >= 0.6 is 11.6 Å². The van der Waals surface area contributed by atoms with E-state index in [1.54, 1.807) is 6.07 Å². The molecule has 0 amide bonds. The maximum atomic E-state index is 10.7. The number of nitrogens with one attached hydrogen (secondary N) is 1. The first-order valence-electron chi connectivity index (χ1n) is 5.53. The lowest BCUT2D eigenvalue weighted by Crippen LogP contribution is -2.24. The van der Waals surface area contributed by atoms with Gasteiger partial charge >= 0.3 is 5.97 Å². The minimum absolute atomic E-state index is 0.0626. The van der Waals surface area contributed by atoms with Gasteiger partial charge in [-0.15, -0.1) is 0 Å². The molecule has 0 spiro atoms. The summed E-state index contributed by atoms with van der Waals surface area (Å²) in [5.74, 6) is -0.884. The molecule has 1 saturated heterocycles. The summed E-state index contributed by atoms with van der Waals surface area (Å²) in [6.07, 6.45) is 0.610. The first kappa shape index (κ1) is 12.2. The third-order valence-corrected chi connectivity index (χ3v) is 3.11. The zero-order valence-corrected chi connectivity index (χ0v) is 9.98. The van der Waals surface area contributed by atoms with Crippen LogP contribution in [0.5, 0.6) is 0 Å². The van der Waals surface area contributed by atoms with Gasteiger partial charge in [0.15, 0.2) is 6.10 Å². The fourth-order valence-electron chi connectivity index (χ4n) is 1.87. The van der Waals surface area contributed by atoms with E-state index < -0.39 is 12.1 Å². The Morgan fingerprint density at radius 3 is 2.88 bits per heavy atom. The molecule has 2 rings (SSSR count). The molecule has 2 N–H and O–H groups in total. The summed E-state index contributed by atoms with van der Waals surface area (Å²) in [6, 6.07) is 7.44. The van der Waals surface area contributed by atoms with Crippen molar-refractivity contribution < 1.29 is 14.6 Å². The van der Waals surface area contributed by atoms with E-state index in [9.17, 15) is 4.79 Å². The summed E-state index contributed by atoms with van der Waals surface area (Å²) in [7, 11) is 0. The van der Waals surface area contributed by atoms with Crippen molar-refractivity contribution in [3.05, 3.63) is 29.3 Å². The minimum atomic E-state index is -0.884. The second-order valence-electron chi connectivity index (χ2n) is 4.02. The Kier molecular flexibility index (Phi) is 3.86. The normalized spacial score (nSPS) is 23.6. The third kappa shape index (κ3) is 3.11. The van der Waals surface area contributed by atoms with Crippen LogP contribution in [-0.2, 0) is 9.53 Å². The van der Waals surface area contributed by atoms with E-state index in [0.29, 0.717) is 18.0 Å². The molecule has 17 heavy (non-hydrogen) atoms.